The SMILES string of the molecule is Cc1cc(NC(=O)C2CCN(C(=O)/C=C/c3ccccc3)CC2)no1. The molecule has 1 aromatic heterocycles. The van der Waals surface area contributed by atoms with Crippen molar-refractivity contribution in [2.24, 2.45) is 5.92 Å². The Morgan fingerprint density at radius 2 is 1.96 bits per heavy atom. The molecule has 25 heavy (non-hydrogen) atoms. The van der Waals surface area contributed by atoms with Crippen LogP contribution in [0.15, 0.2) is 47.0 Å². The van der Waals surface area contributed by atoms with Crippen LogP contribution >= 0.6 is 0 Å². The second-order valence-electron chi connectivity index (χ2n) is 6.16. The lowest BCUT2D eigenvalue weighted by molar-refractivity contribution is -0.130. The zero-order chi connectivity index (χ0) is 17.6. The molecule has 130 valence electrons. The third-order valence-corrected chi connectivity index (χ3v) is 4.27. The van der Waals surface area contributed by atoms with E-state index in [0.717, 1.165) is 5.56 Å². The van der Waals surface area contributed by atoms with E-state index in [1.165, 1.54) is 0 Å². The molecule has 0 bridgehead atoms. The minimum Gasteiger partial charge on any atom is -0.360 e. The standard InChI is InChI=1S/C19H21N3O3/c1-14-13-17(21-25-14)20-19(24)16-9-11-22(12-10-16)18(23)8-7-15-5-3-2-4-6-15/h2-8,13,16H,9-12H2,1H3,(H,20,21,24)/b8-7+. The third-order valence-electron chi connectivity index (χ3n) is 4.27. The van der Waals surface area contributed by atoms with Crippen LogP contribution in [0.2, 0.25) is 0 Å². The van der Waals surface area contributed by atoms with Crippen LogP contribution in [0.1, 0.15) is 24.2 Å². The Kier molecular flexibility index (Phi) is 5.28. The fourth-order valence-electron chi connectivity index (χ4n) is 2.85. The number of hydrogen-bond acceptors (Lipinski definition) is 4. The monoisotopic (exact) mass is 339 g/mol. The van der Waals surface area contributed by atoms with E-state index in [0.29, 0.717) is 37.5 Å². The number of rotatable bonds is 4. The third kappa shape index (κ3) is 4.56. The smallest absolute Gasteiger partial charge is 0.246 e. The zero-order valence-electron chi connectivity index (χ0n) is 14.1. The maximum atomic E-state index is 12.3. The summed E-state index contributed by atoms with van der Waals surface area (Å²) < 4.78 is 4.94. The maximum Gasteiger partial charge on any atom is 0.246 e. The second-order valence-corrected chi connectivity index (χ2v) is 6.16. The Bertz CT molecular complexity index is 759. The van der Waals surface area contributed by atoms with Crippen molar-refractivity contribution in [1.29, 1.82) is 0 Å². The molecule has 1 saturated heterocycles. The number of piperidine rings is 1. The number of carbonyl (C=O) groups excluding carboxylic acids is 2. The molecule has 2 heterocycles. The van der Waals surface area contributed by atoms with Gasteiger partial charge in [-0.05, 0) is 31.4 Å². The van der Waals surface area contributed by atoms with Crippen molar-refractivity contribution in [3.8, 4) is 0 Å². The van der Waals surface area contributed by atoms with Crippen molar-refractivity contribution in [3.05, 3.63) is 53.8 Å². The van der Waals surface area contributed by atoms with E-state index in [2.05, 4.69) is 10.5 Å². The van der Waals surface area contributed by atoms with Gasteiger partial charge < -0.3 is 14.7 Å². The van der Waals surface area contributed by atoms with E-state index in [1.54, 1.807) is 24.0 Å². The number of nitrogens with one attached hydrogen (secondary N) is 1. The first-order valence-corrected chi connectivity index (χ1v) is 8.38. The van der Waals surface area contributed by atoms with Gasteiger partial charge in [-0.1, -0.05) is 35.5 Å². The molecule has 1 aromatic carbocycles. The molecule has 1 fully saturated rings. The highest BCUT2D eigenvalue weighted by atomic mass is 16.5. The van der Waals surface area contributed by atoms with Crippen LogP contribution in [-0.4, -0.2) is 35.0 Å². The minimum absolute atomic E-state index is 0.0187. The molecule has 2 amide bonds. The Hall–Kier alpha value is -2.89. The summed E-state index contributed by atoms with van der Waals surface area (Å²) in [5.41, 5.74) is 0.994. The van der Waals surface area contributed by atoms with E-state index >= 15 is 0 Å². The van der Waals surface area contributed by atoms with Gasteiger partial charge in [-0.2, -0.15) is 0 Å². The van der Waals surface area contributed by atoms with E-state index < -0.39 is 0 Å². The summed E-state index contributed by atoms with van der Waals surface area (Å²) in [5, 5.41) is 6.53. The Balaban J connectivity index is 1.48. The van der Waals surface area contributed by atoms with Gasteiger partial charge in [0.05, 0.1) is 0 Å². The Morgan fingerprint density at radius 1 is 1.24 bits per heavy atom. The zero-order valence-corrected chi connectivity index (χ0v) is 14.1. The van der Waals surface area contributed by atoms with E-state index in [-0.39, 0.29) is 17.7 Å². The van der Waals surface area contributed by atoms with Gasteiger partial charge in [-0.25, -0.2) is 0 Å². The van der Waals surface area contributed by atoms with Gasteiger partial charge in [0.1, 0.15) is 5.76 Å². The lowest BCUT2D eigenvalue weighted by Crippen LogP contribution is -2.40. The molecular formula is C19H21N3O3. The molecule has 0 spiro atoms. The maximum absolute atomic E-state index is 12.3. The lowest BCUT2D eigenvalue weighted by Gasteiger charge is -2.30. The first kappa shape index (κ1) is 17.0. The number of hydrogen-bond donors (Lipinski definition) is 1. The van der Waals surface area contributed by atoms with E-state index in [1.807, 2.05) is 36.4 Å². The predicted octanol–water partition coefficient (Wildman–Crippen LogP) is 2.87. The van der Waals surface area contributed by atoms with Gasteiger partial charge in [0.2, 0.25) is 11.8 Å². The molecule has 2 aromatic rings. The molecule has 0 saturated carbocycles. The number of aromatic nitrogens is 1. The summed E-state index contributed by atoms with van der Waals surface area (Å²) in [6.07, 6.45) is 4.70. The summed E-state index contributed by atoms with van der Waals surface area (Å²) >= 11 is 0. The summed E-state index contributed by atoms with van der Waals surface area (Å²) in [5.74, 6) is 0.891. The Morgan fingerprint density at radius 3 is 2.60 bits per heavy atom. The van der Waals surface area contributed by atoms with Crippen LogP contribution in [0.5, 0.6) is 0 Å². The second kappa shape index (κ2) is 7.79. The van der Waals surface area contributed by atoms with Gasteiger partial charge in [0.15, 0.2) is 5.82 Å². The number of carbonyl (C=O) groups is 2. The van der Waals surface area contributed by atoms with Crippen LogP contribution in [0.3, 0.4) is 0 Å². The highest BCUT2D eigenvalue weighted by Crippen LogP contribution is 2.20. The lowest BCUT2D eigenvalue weighted by atomic mass is 9.96. The highest BCUT2D eigenvalue weighted by Gasteiger charge is 2.27. The van der Waals surface area contributed by atoms with Gasteiger partial charge in [-0.15, -0.1) is 0 Å². The predicted molar refractivity (Wildman–Crippen MR) is 94.6 cm³/mol. The molecule has 0 radical (unpaired) electrons. The topological polar surface area (TPSA) is 75.4 Å². The number of anilines is 1. The van der Waals surface area contributed by atoms with Crippen LogP contribution in [0.25, 0.3) is 6.08 Å². The van der Waals surface area contributed by atoms with Crippen LogP contribution in [-0.2, 0) is 9.59 Å². The summed E-state index contributed by atoms with van der Waals surface area (Å²) in [4.78, 5) is 26.3. The van der Waals surface area contributed by atoms with Crippen LogP contribution in [0, 0.1) is 12.8 Å². The van der Waals surface area contributed by atoms with E-state index in [9.17, 15) is 9.59 Å². The van der Waals surface area contributed by atoms with Crippen molar-refractivity contribution in [2.45, 2.75) is 19.8 Å². The molecule has 6 nitrogen and oxygen atoms in total. The fraction of sp³-hybridized carbons (Fsp3) is 0.316. The number of nitrogens with zero attached hydrogens (tertiary/aromatic N) is 2. The first-order chi connectivity index (χ1) is 12.1. The minimum atomic E-state index is -0.112. The van der Waals surface area contributed by atoms with Gasteiger partial charge in [0.25, 0.3) is 0 Å². The molecule has 3 rings (SSSR count). The molecule has 0 unspecified atom stereocenters. The molecule has 1 aliphatic heterocycles. The van der Waals surface area contributed by atoms with Crippen molar-refractivity contribution in [1.82, 2.24) is 10.1 Å². The molecule has 0 aliphatic carbocycles. The quantitative estimate of drug-likeness (QED) is 0.869. The summed E-state index contributed by atoms with van der Waals surface area (Å²) in [6, 6.07) is 11.4. The highest BCUT2D eigenvalue weighted by molar-refractivity contribution is 5.93. The average molecular weight is 339 g/mol. The molecule has 1 aliphatic rings. The molecule has 1 N–H and O–H groups in total. The van der Waals surface area contributed by atoms with Crippen LogP contribution in [0.4, 0.5) is 5.82 Å². The van der Waals surface area contributed by atoms with Crippen molar-refractivity contribution in [2.75, 3.05) is 18.4 Å². The van der Waals surface area contributed by atoms with Crippen molar-refractivity contribution in [3.63, 3.8) is 0 Å². The van der Waals surface area contributed by atoms with Gasteiger partial charge >= 0.3 is 0 Å². The van der Waals surface area contributed by atoms with Crippen molar-refractivity contribution >= 4 is 23.7 Å². The van der Waals surface area contributed by atoms with Crippen LogP contribution < -0.4 is 5.32 Å². The first-order valence-electron chi connectivity index (χ1n) is 8.38. The number of benzene rings is 1. The van der Waals surface area contributed by atoms with Gasteiger partial charge in [-0.3, -0.25) is 9.59 Å². The average Bonchev–Trinajstić information content (AvgIpc) is 3.05. The summed E-state index contributed by atoms with van der Waals surface area (Å²) in [6.45, 7) is 2.93. The number of likely N-dealkylation sites (tertiary alicyclic amines) is 1. The molecule has 6 heteroatoms. The fourth-order valence-corrected chi connectivity index (χ4v) is 2.85. The molecule has 0 atom stereocenters. The number of aryl methyl sites for hydroxylation is 1. The summed E-state index contributed by atoms with van der Waals surface area (Å²) in [7, 11) is 0. The van der Waals surface area contributed by atoms with E-state index in [4.69, 9.17) is 4.52 Å². The van der Waals surface area contributed by atoms with Gasteiger partial charge in [0, 0.05) is 31.1 Å². The van der Waals surface area contributed by atoms with Crippen molar-refractivity contribution < 1.29 is 14.1 Å². The Labute approximate surface area is 146 Å². The normalized spacial score (nSPS) is 15.5. The molecular weight excluding hydrogens is 318 g/mol. The largest absolute Gasteiger partial charge is 0.360 e. The number of amides is 2.